The molecule has 2 N–H and O–H groups in total. The van der Waals surface area contributed by atoms with Gasteiger partial charge in [-0.1, -0.05) is 72.3 Å². The molecule has 31 heavy (non-hydrogen) atoms. The summed E-state index contributed by atoms with van der Waals surface area (Å²) in [7, 11) is 0. The van der Waals surface area contributed by atoms with Gasteiger partial charge >= 0.3 is 0 Å². The molecule has 0 unspecified atom stereocenters. The molecule has 0 radical (unpaired) electrons. The van der Waals surface area contributed by atoms with E-state index in [0.717, 1.165) is 16.7 Å². The Balaban J connectivity index is 1.93. The molecule has 0 amide bonds. The van der Waals surface area contributed by atoms with Crippen LogP contribution < -0.4 is 5.56 Å². The number of nitrogens with zero attached hydrogens (tertiary/aromatic N) is 1. The first-order valence-electron chi connectivity index (χ1n) is 9.46. The third-order valence-corrected chi connectivity index (χ3v) is 5.23. The first-order chi connectivity index (χ1) is 15.0. The minimum absolute atomic E-state index is 0.0490. The van der Waals surface area contributed by atoms with E-state index < -0.39 is 5.56 Å². The Morgan fingerprint density at radius 3 is 2.03 bits per heavy atom. The summed E-state index contributed by atoms with van der Waals surface area (Å²) >= 11 is 11.2. The fraction of sp³-hybridized carbons (Fsp3) is 0. The Morgan fingerprint density at radius 1 is 0.935 bits per heavy atom. The van der Waals surface area contributed by atoms with E-state index in [9.17, 15) is 9.90 Å². The molecule has 0 atom stereocenters. The van der Waals surface area contributed by atoms with Crippen molar-refractivity contribution < 1.29 is 5.11 Å². The third-order valence-electron chi connectivity index (χ3n) is 4.69. The van der Waals surface area contributed by atoms with Crippen molar-refractivity contribution in [2.24, 2.45) is 0 Å². The van der Waals surface area contributed by atoms with Gasteiger partial charge in [-0.15, -0.1) is 5.73 Å². The van der Waals surface area contributed by atoms with Crippen molar-refractivity contribution in [2.45, 2.75) is 0 Å². The van der Waals surface area contributed by atoms with Crippen LogP contribution in [0.4, 0.5) is 0 Å². The van der Waals surface area contributed by atoms with E-state index in [0.29, 0.717) is 10.7 Å². The smallest absolute Gasteiger partial charge is 0.263 e. The van der Waals surface area contributed by atoms with Crippen molar-refractivity contribution >= 4 is 35.5 Å². The van der Waals surface area contributed by atoms with E-state index in [1.54, 1.807) is 24.3 Å². The molecular weight excluding hydrogens is 428 g/mol. The van der Waals surface area contributed by atoms with Crippen LogP contribution in [0.3, 0.4) is 0 Å². The zero-order valence-electron chi connectivity index (χ0n) is 16.2. The third kappa shape index (κ3) is 4.44. The Hall–Kier alpha value is -3.63. The first-order valence-corrected chi connectivity index (χ1v) is 10.2. The van der Waals surface area contributed by atoms with Crippen molar-refractivity contribution in [3.05, 3.63) is 127 Å². The summed E-state index contributed by atoms with van der Waals surface area (Å²) in [6.07, 6.45) is 1.48. The van der Waals surface area contributed by atoms with Crippen LogP contribution in [0, 0.1) is 4.77 Å². The van der Waals surface area contributed by atoms with Gasteiger partial charge in [-0.3, -0.25) is 14.3 Å². The maximum atomic E-state index is 12.6. The maximum Gasteiger partial charge on any atom is 0.263 e. The van der Waals surface area contributed by atoms with E-state index in [-0.39, 0.29) is 16.2 Å². The number of halogens is 1. The number of aromatic nitrogens is 2. The van der Waals surface area contributed by atoms with Gasteiger partial charge in [0.2, 0.25) is 5.88 Å². The van der Waals surface area contributed by atoms with Gasteiger partial charge in [-0.2, -0.15) is 0 Å². The highest BCUT2D eigenvalue weighted by molar-refractivity contribution is 7.71. The molecule has 0 fully saturated rings. The number of nitrogens with one attached hydrogen (secondary N) is 1. The molecule has 4 aromatic rings. The molecule has 0 spiro atoms. The molecule has 0 aliphatic carbocycles. The number of aromatic hydroxyl groups is 1. The summed E-state index contributed by atoms with van der Waals surface area (Å²) in [6, 6.07) is 26.3. The van der Waals surface area contributed by atoms with Crippen molar-refractivity contribution in [1.82, 2.24) is 9.55 Å². The van der Waals surface area contributed by atoms with Crippen LogP contribution in [0.5, 0.6) is 5.88 Å². The quantitative estimate of drug-likeness (QED) is 0.300. The Morgan fingerprint density at radius 2 is 1.48 bits per heavy atom. The number of benzene rings is 3. The number of hydrogen-bond acceptors (Lipinski definition) is 3. The molecule has 0 aliphatic rings. The summed E-state index contributed by atoms with van der Waals surface area (Å²) in [4.78, 5) is 15.2. The van der Waals surface area contributed by atoms with Gasteiger partial charge in [0.05, 0.1) is 5.69 Å². The van der Waals surface area contributed by atoms with Gasteiger partial charge in [0, 0.05) is 10.6 Å². The largest absolute Gasteiger partial charge is 0.494 e. The molecule has 6 heteroatoms. The summed E-state index contributed by atoms with van der Waals surface area (Å²) in [5.74, 6) is -0.274. The molecule has 0 saturated heterocycles. The standard InChI is InChI=1S/C25H17ClN2O2S/c26-19-11-13-20(14-12-19)28-24(30)22(23(29)27-25(28)31)16-15-21(17-7-3-1-4-8-17)18-9-5-2-6-10-18/h1-14,16,30H,(H,27,29,31). The van der Waals surface area contributed by atoms with Crippen molar-refractivity contribution in [1.29, 1.82) is 0 Å². The number of rotatable bonds is 4. The SMILES string of the molecule is O=c1[nH]c(=S)n(-c2ccc(Cl)cc2)c(O)c1C=C=C(c1ccccc1)c1ccccc1. The van der Waals surface area contributed by atoms with Crippen LogP contribution in [-0.4, -0.2) is 14.7 Å². The summed E-state index contributed by atoms with van der Waals surface area (Å²) < 4.78 is 1.46. The van der Waals surface area contributed by atoms with Crippen molar-refractivity contribution in [2.75, 3.05) is 0 Å². The average Bonchev–Trinajstić information content (AvgIpc) is 2.78. The summed E-state index contributed by atoms with van der Waals surface area (Å²) in [5, 5.41) is 11.4. The Bertz CT molecular complexity index is 1360. The topological polar surface area (TPSA) is 58.0 Å². The van der Waals surface area contributed by atoms with Gasteiger partial charge < -0.3 is 5.11 Å². The fourth-order valence-corrected chi connectivity index (χ4v) is 3.60. The summed E-state index contributed by atoms with van der Waals surface area (Å²) in [5.41, 5.74) is 5.99. The second kappa shape index (κ2) is 9.02. The maximum absolute atomic E-state index is 12.6. The lowest BCUT2D eigenvalue weighted by Crippen LogP contribution is -2.15. The minimum atomic E-state index is -0.499. The van der Waals surface area contributed by atoms with E-state index in [2.05, 4.69) is 10.7 Å². The number of aromatic amines is 1. The molecule has 0 bridgehead atoms. The second-order valence-electron chi connectivity index (χ2n) is 6.70. The fourth-order valence-electron chi connectivity index (χ4n) is 3.19. The lowest BCUT2D eigenvalue weighted by Gasteiger charge is -2.11. The van der Waals surface area contributed by atoms with E-state index >= 15 is 0 Å². The van der Waals surface area contributed by atoms with Crippen LogP contribution in [0.1, 0.15) is 16.7 Å². The molecule has 1 heterocycles. The molecule has 3 aromatic carbocycles. The van der Waals surface area contributed by atoms with Crippen LogP contribution in [0.2, 0.25) is 5.02 Å². The highest BCUT2D eigenvalue weighted by atomic mass is 35.5. The Labute approximate surface area is 189 Å². The molecule has 4 nitrogen and oxygen atoms in total. The van der Waals surface area contributed by atoms with Gasteiger partial charge in [0.15, 0.2) is 4.77 Å². The van der Waals surface area contributed by atoms with E-state index in [1.165, 1.54) is 10.6 Å². The van der Waals surface area contributed by atoms with E-state index in [4.69, 9.17) is 23.8 Å². The Kier molecular flexibility index (Phi) is 6.01. The predicted octanol–water partition coefficient (Wildman–Crippen LogP) is 6.00. The van der Waals surface area contributed by atoms with Crippen LogP contribution in [-0.2, 0) is 0 Å². The zero-order chi connectivity index (χ0) is 21.8. The van der Waals surface area contributed by atoms with Gasteiger partial charge in [0.1, 0.15) is 5.56 Å². The minimum Gasteiger partial charge on any atom is -0.494 e. The highest BCUT2D eigenvalue weighted by Crippen LogP contribution is 2.25. The highest BCUT2D eigenvalue weighted by Gasteiger charge is 2.12. The number of H-pyrrole nitrogens is 1. The van der Waals surface area contributed by atoms with Crippen molar-refractivity contribution in [3.63, 3.8) is 0 Å². The molecular formula is C25H17ClN2O2S. The van der Waals surface area contributed by atoms with Crippen LogP contribution in [0.15, 0.2) is 95.5 Å². The van der Waals surface area contributed by atoms with Crippen molar-refractivity contribution in [3.8, 4) is 11.6 Å². The normalized spacial score (nSPS) is 10.4. The first kappa shape index (κ1) is 20.6. The zero-order valence-corrected chi connectivity index (χ0v) is 17.8. The van der Waals surface area contributed by atoms with Crippen LogP contribution >= 0.6 is 23.8 Å². The van der Waals surface area contributed by atoms with Gasteiger partial charge in [-0.05, 0) is 53.7 Å². The monoisotopic (exact) mass is 444 g/mol. The molecule has 1 aromatic heterocycles. The summed E-state index contributed by atoms with van der Waals surface area (Å²) in [6.45, 7) is 0. The molecule has 4 rings (SSSR count). The average molecular weight is 445 g/mol. The van der Waals surface area contributed by atoms with Gasteiger partial charge in [-0.25, -0.2) is 0 Å². The number of hydrogen-bond donors (Lipinski definition) is 2. The second-order valence-corrected chi connectivity index (χ2v) is 7.53. The molecule has 0 saturated carbocycles. The van der Waals surface area contributed by atoms with Crippen LogP contribution in [0.25, 0.3) is 17.3 Å². The lowest BCUT2D eigenvalue weighted by molar-refractivity contribution is 0.432. The predicted molar refractivity (Wildman–Crippen MR) is 127 cm³/mol. The van der Waals surface area contributed by atoms with Gasteiger partial charge in [0.25, 0.3) is 5.56 Å². The lowest BCUT2D eigenvalue weighted by atomic mass is 9.98. The molecule has 0 aliphatic heterocycles. The van der Waals surface area contributed by atoms with E-state index in [1.807, 2.05) is 60.7 Å². The molecule has 152 valence electrons.